The highest BCUT2D eigenvalue weighted by Gasteiger charge is 2.44. The van der Waals surface area contributed by atoms with E-state index >= 15 is 0 Å². The summed E-state index contributed by atoms with van der Waals surface area (Å²) in [7, 11) is 0. The lowest BCUT2D eigenvalue weighted by Gasteiger charge is -2.12. The third-order valence-electron chi connectivity index (χ3n) is 3.48. The van der Waals surface area contributed by atoms with Crippen molar-refractivity contribution >= 4 is 5.97 Å². The number of esters is 1. The Balaban J connectivity index is 1.99. The number of ether oxygens (including phenoxy) is 1. The fraction of sp³-hybridized carbons (Fsp3) is 0.417. The number of carbonyl (C=O) groups excluding carboxylic acids is 1. The van der Waals surface area contributed by atoms with Crippen molar-refractivity contribution in [2.75, 3.05) is 0 Å². The molecule has 0 radical (unpaired) electrons. The van der Waals surface area contributed by atoms with Crippen LogP contribution in [-0.2, 0) is 4.79 Å². The number of nitrogens with zero attached hydrogens (tertiary/aromatic N) is 2. The molecule has 88 valence electrons. The molecule has 3 rings (SSSR count). The van der Waals surface area contributed by atoms with Gasteiger partial charge in [0.15, 0.2) is 0 Å². The van der Waals surface area contributed by atoms with Crippen LogP contribution in [0.2, 0.25) is 0 Å². The predicted molar refractivity (Wildman–Crippen MR) is 60.1 cm³/mol. The van der Waals surface area contributed by atoms with Crippen LogP contribution in [0.25, 0.3) is 0 Å². The van der Waals surface area contributed by atoms with Gasteiger partial charge >= 0.3 is 5.97 Å². The van der Waals surface area contributed by atoms with Crippen molar-refractivity contribution in [3.8, 4) is 5.75 Å². The molecule has 17 heavy (non-hydrogen) atoms. The molecule has 0 unspecified atom stereocenters. The van der Waals surface area contributed by atoms with Gasteiger partial charge in [-0.3, -0.25) is 4.79 Å². The summed E-state index contributed by atoms with van der Waals surface area (Å²) in [6.45, 7) is 1.37. The monoisotopic (exact) mass is 232 g/mol. The average Bonchev–Trinajstić information content (AvgIpc) is 2.83. The molecule has 2 atom stereocenters. The fourth-order valence-electron chi connectivity index (χ4n) is 2.88. The SMILES string of the molecule is CC(=O)Oc1ccc2c(c1)[C@H]1CC[C@@H]2N1N=O. The maximum atomic E-state index is 10.9. The summed E-state index contributed by atoms with van der Waals surface area (Å²) < 4.78 is 5.05. The second-order valence-corrected chi connectivity index (χ2v) is 4.45. The molecule has 2 aliphatic rings. The highest BCUT2D eigenvalue weighted by atomic mass is 16.5. The molecule has 2 aliphatic heterocycles. The second-order valence-electron chi connectivity index (χ2n) is 4.45. The van der Waals surface area contributed by atoms with Crippen LogP contribution in [0.5, 0.6) is 5.75 Å². The maximum absolute atomic E-state index is 10.9. The van der Waals surface area contributed by atoms with Gasteiger partial charge in [0.1, 0.15) is 5.75 Å². The van der Waals surface area contributed by atoms with Crippen LogP contribution in [0.1, 0.15) is 43.0 Å². The fourth-order valence-corrected chi connectivity index (χ4v) is 2.88. The zero-order chi connectivity index (χ0) is 12.0. The topological polar surface area (TPSA) is 59.0 Å². The highest BCUT2D eigenvalue weighted by Crippen LogP contribution is 2.53. The number of fused-ring (bicyclic) bond motifs is 5. The summed E-state index contributed by atoms with van der Waals surface area (Å²) in [6.07, 6.45) is 1.91. The molecular formula is C12H12N2O3. The van der Waals surface area contributed by atoms with Gasteiger partial charge in [-0.2, -0.15) is 0 Å². The zero-order valence-corrected chi connectivity index (χ0v) is 9.42. The van der Waals surface area contributed by atoms with E-state index in [0.717, 1.165) is 24.0 Å². The molecule has 2 heterocycles. The van der Waals surface area contributed by atoms with Crippen molar-refractivity contribution in [2.45, 2.75) is 31.8 Å². The minimum atomic E-state index is -0.335. The van der Waals surface area contributed by atoms with Gasteiger partial charge < -0.3 is 4.74 Å². The summed E-state index contributed by atoms with van der Waals surface area (Å²) in [5.74, 6) is 0.202. The Morgan fingerprint density at radius 3 is 2.71 bits per heavy atom. The molecule has 0 aromatic heterocycles. The van der Waals surface area contributed by atoms with Gasteiger partial charge in [-0.05, 0) is 36.1 Å². The molecule has 5 heteroatoms. The molecule has 0 spiro atoms. The Morgan fingerprint density at radius 1 is 1.35 bits per heavy atom. The normalized spacial score (nSPS) is 24.6. The first-order valence-corrected chi connectivity index (χ1v) is 5.64. The molecule has 0 aliphatic carbocycles. The van der Waals surface area contributed by atoms with Gasteiger partial charge in [0.25, 0.3) is 0 Å². The molecule has 0 saturated carbocycles. The third-order valence-corrected chi connectivity index (χ3v) is 3.48. The Bertz CT molecular complexity index is 501. The summed E-state index contributed by atoms with van der Waals surface area (Å²) in [6, 6.07) is 5.71. The van der Waals surface area contributed by atoms with E-state index in [0.29, 0.717) is 5.75 Å². The molecule has 0 amide bonds. The Morgan fingerprint density at radius 2 is 2.06 bits per heavy atom. The molecule has 2 bridgehead atoms. The molecule has 1 fully saturated rings. The van der Waals surface area contributed by atoms with Gasteiger partial charge in [-0.1, -0.05) is 6.07 Å². The average molecular weight is 232 g/mol. The van der Waals surface area contributed by atoms with Crippen molar-refractivity contribution in [1.82, 2.24) is 5.01 Å². The van der Waals surface area contributed by atoms with Crippen molar-refractivity contribution in [3.63, 3.8) is 0 Å². The van der Waals surface area contributed by atoms with Crippen LogP contribution in [0.3, 0.4) is 0 Å². The van der Waals surface area contributed by atoms with Crippen molar-refractivity contribution < 1.29 is 9.53 Å². The van der Waals surface area contributed by atoms with E-state index in [9.17, 15) is 9.70 Å². The third kappa shape index (κ3) is 1.42. The van der Waals surface area contributed by atoms with Crippen LogP contribution in [0.15, 0.2) is 23.5 Å². The minimum Gasteiger partial charge on any atom is -0.427 e. The zero-order valence-electron chi connectivity index (χ0n) is 9.42. The summed E-state index contributed by atoms with van der Waals surface area (Å²) >= 11 is 0. The van der Waals surface area contributed by atoms with Crippen LogP contribution in [0, 0.1) is 4.91 Å². The lowest BCUT2D eigenvalue weighted by Crippen LogP contribution is -2.10. The van der Waals surface area contributed by atoms with Crippen molar-refractivity contribution in [1.29, 1.82) is 0 Å². The molecule has 1 saturated heterocycles. The quantitative estimate of drug-likeness (QED) is 0.446. The first-order valence-electron chi connectivity index (χ1n) is 5.64. The van der Waals surface area contributed by atoms with Crippen molar-refractivity contribution in [3.05, 3.63) is 34.2 Å². The summed E-state index contributed by atoms with van der Waals surface area (Å²) in [5, 5.41) is 4.71. The first-order chi connectivity index (χ1) is 8.20. The predicted octanol–water partition coefficient (Wildman–Crippen LogP) is 2.48. The molecule has 1 aromatic rings. The van der Waals surface area contributed by atoms with Crippen LogP contribution >= 0.6 is 0 Å². The van der Waals surface area contributed by atoms with E-state index in [4.69, 9.17) is 4.74 Å². The van der Waals surface area contributed by atoms with E-state index in [1.807, 2.05) is 12.1 Å². The number of benzene rings is 1. The Kier molecular flexibility index (Phi) is 2.14. The molecule has 1 aromatic carbocycles. The number of hydrogen-bond donors (Lipinski definition) is 0. The van der Waals surface area contributed by atoms with E-state index in [1.165, 1.54) is 6.92 Å². The van der Waals surface area contributed by atoms with Crippen LogP contribution in [-0.4, -0.2) is 11.0 Å². The number of nitroso groups, excluding NO2 is 1. The maximum Gasteiger partial charge on any atom is 0.308 e. The molecule has 5 nitrogen and oxygen atoms in total. The number of carbonyl (C=O) groups is 1. The van der Waals surface area contributed by atoms with E-state index in [2.05, 4.69) is 5.29 Å². The van der Waals surface area contributed by atoms with Gasteiger partial charge in [0, 0.05) is 6.92 Å². The van der Waals surface area contributed by atoms with Gasteiger partial charge in [-0.15, -0.1) is 4.91 Å². The van der Waals surface area contributed by atoms with Gasteiger partial charge in [0.05, 0.1) is 17.4 Å². The van der Waals surface area contributed by atoms with Gasteiger partial charge in [-0.25, -0.2) is 5.01 Å². The van der Waals surface area contributed by atoms with E-state index in [1.54, 1.807) is 11.1 Å². The Labute approximate surface area is 98.3 Å². The summed E-state index contributed by atoms with van der Waals surface area (Å²) in [4.78, 5) is 21.7. The lowest BCUT2D eigenvalue weighted by atomic mass is 9.92. The number of hydrogen-bond acceptors (Lipinski definition) is 4. The smallest absolute Gasteiger partial charge is 0.308 e. The Hall–Kier alpha value is -1.91. The lowest BCUT2D eigenvalue weighted by molar-refractivity contribution is -0.131. The molecule has 0 N–H and O–H groups in total. The standard InChI is InChI=1S/C12H12N2O3/c1-7(15)17-8-2-3-9-10(6-8)12-5-4-11(9)14(12)13-16/h2-3,6,11-12H,4-5H2,1H3/t11-,12+/m0/s1. The summed E-state index contributed by atoms with van der Waals surface area (Å²) in [5.41, 5.74) is 2.20. The minimum absolute atomic E-state index is 0.0583. The van der Waals surface area contributed by atoms with E-state index < -0.39 is 0 Å². The largest absolute Gasteiger partial charge is 0.427 e. The number of rotatable bonds is 2. The highest BCUT2D eigenvalue weighted by molar-refractivity contribution is 5.69. The van der Waals surface area contributed by atoms with Crippen molar-refractivity contribution in [2.24, 2.45) is 5.29 Å². The van der Waals surface area contributed by atoms with Crippen LogP contribution < -0.4 is 4.74 Å². The first kappa shape index (κ1) is 10.3. The van der Waals surface area contributed by atoms with Crippen LogP contribution in [0.4, 0.5) is 0 Å². The van der Waals surface area contributed by atoms with E-state index in [-0.39, 0.29) is 18.1 Å². The van der Waals surface area contributed by atoms with Gasteiger partial charge in [0.2, 0.25) is 0 Å². The molecular weight excluding hydrogens is 220 g/mol. The second kappa shape index (κ2) is 3.55.